The summed E-state index contributed by atoms with van der Waals surface area (Å²) in [5.74, 6) is -1.40. The lowest BCUT2D eigenvalue weighted by atomic mass is 9.93. The predicted molar refractivity (Wildman–Crippen MR) is 90.0 cm³/mol. The van der Waals surface area contributed by atoms with Crippen molar-refractivity contribution in [1.29, 1.82) is 0 Å². The maximum absolute atomic E-state index is 14.3. The highest BCUT2D eigenvalue weighted by Gasteiger charge is 2.30. The second-order valence-corrected chi connectivity index (χ2v) is 6.38. The van der Waals surface area contributed by atoms with Gasteiger partial charge in [-0.2, -0.15) is 0 Å². The number of nitrogens with zero attached hydrogens (tertiary/aromatic N) is 2. The Bertz CT molecular complexity index is 794. The van der Waals surface area contributed by atoms with E-state index in [-0.39, 0.29) is 5.92 Å². The molecular formula is C18H21F2N3O3. The molecule has 8 heteroatoms. The van der Waals surface area contributed by atoms with Crippen LogP contribution in [0, 0.1) is 11.6 Å². The number of fused-ring (bicyclic) bond motifs is 1. The first-order valence-electron chi connectivity index (χ1n) is 8.47. The molecule has 0 aliphatic carbocycles. The first-order chi connectivity index (χ1) is 12.5. The maximum Gasteiger partial charge on any atom is 0.405 e. The fraction of sp³-hybridized carbons (Fsp3) is 0.444. The molecule has 2 N–H and O–H groups in total. The first kappa shape index (κ1) is 18.3. The predicted octanol–water partition coefficient (Wildman–Crippen LogP) is 3.24. The third-order valence-electron chi connectivity index (χ3n) is 4.77. The van der Waals surface area contributed by atoms with Crippen molar-refractivity contribution in [3.63, 3.8) is 0 Å². The number of nitrogens with one attached hydrogen (secondary N) is 1. The summed E-state index contributed by atoms with van der Waals surface area (Å²) in [6, 6.07) is 3.67. The van der Waals surface area contributed by atoms with Crippen LogP contribution in [0.1, 0.15) is 41.9 Å². The lowest BCUT2D eigenvalue weighted by Crippen LogP contribution is -2.28. The molecule has 6 nitrogen and oxygen atoms in total. The molecule has 3 rings (SSSR count). The van der Waals surface area contributed by atoms with Gasteiger partial charge in [0.15, 0.2) is 11.6 Å². The van der Waals surface area contributed by atoms with Crippen molar-refractivity contribution in [1.82, 2.24) is 14.9 Å². The number of aromatic nitrogens is 2. The molecule has 0 radical (unpaired) electrons. The minimum atomic E-state index is -1.14. The molecule has 0 fully saturated rings. The third-order valence-corrected chi connectivity index (χ3v) is 4.77. The van der Waals surface area contributed by atoms with E-state index in [1.807, 2.05) is 4.57 Å². The van der Waals surface area contributed by atoms with E-state index >= 15 is 0 Å². The van der Waals surface area contributed by atoms with Crippen molar-refractivity contribution in [3.8, 4) is 0 Å². The Morgan fingerprint density at radius 3 is 2.96 bits per heavy atom. The summed E-state index contributed by atoms with van der Waals surface area (Å²) in [7, 11) is 1.60. The molecule has 0 bridgehead atoms. The Morgan fingerprint density at radius 1 is 1.42 bits per heavy atom. The van der Waals surface area contributed by atoms with Crippen molar-refractivity contribution in [3.05, 3.63) is 53.1 Å². The molecule has 2 atom stereocenters. The SMILES string of the molecule is COCCc1cnc2n1C[C@H](c1cccc(F)c1F)CC[C@H]2NC(=O)O. The number of carbonyl (C=O) groups is 1. The third kappa shape index (κ3) is 3.70. The quantitative estimate of drug-likeness (QED) is 0.853. The van der Waals surface area contributed by atoms with Gasteiger partial charge in [-0.3, -0.25) is 0 Å². The standard InChI is InChI=1S/C18H21F2N3O3/c1-26-8-7-12-9-21-17-15(22-18(24)25)6-5-11(10-23(12)17)13-3-2-4-14(19)16(13)20/h2-4,9,11,15,22H,5-8,10H2,1H3,(H,24,25)/t11-,15-/m1/s1. The van der Waals surface area contributed by atoms with Gasteiger partial charge in [0.05, 0.1) is 12.6 Å². The van der Waals surface area contributed by atoms with Gasteiger partial charge in [-0.05, 0) is 24.5 Å². The topological polar surface area (TPSA) is 76.4 Å². The van der Waals surface area contributed by atoms with E-state index in [1.165, 1.54) is 6.07 Å². The Hall–Kier alpha value is -2.48. The van der Waals surface area contributed by atoms with Crippen molar-refractivity contribution in [2.45, 2.75) is 37.8 Å². The van der Waals surface area contributed by atoms with Crippen LogP contribution in [-0.4, -0.2) is 34.5 Å². The van der Waals surface area contributed by atoms with Crippen LogP contribution in [0.25, 0.3) is 0 Å². The molecule has 26 heavy (non-hydrogen) atoms. The van der Waals surface area contributed by atoms with Gasteiger partial charge in [-0.15, -0.1) is 0 Å². The van der Waals surface area contributed by atoms with E-state index in [0.717, 1.165) is 11.8 Å². The van der Waals surface area contributed by atoms with E-state index in [4.69, 9.17) is 9.84 Å². The number of halogens is 2. The number of hydrogen-bond donors (Lipinski definition) is 2. The highest BCUT2D eigenvalue weighted by atomic mass is 19.2. The van der Waals surface area contributed by atoms with Gasteiger partial charge in [-0.1, -0.05) is 12.1 Å². The summed E-state index contributed by atoms with van der Waals surface area (Å²) in [6.45, 7) is 0.897. The van der Waals surface area contributed by atoms with E-state index in [9.17, 15) is 13.6 Å². The summed E-state index contributed by atoms with van der Waals surface area (Å²) in [4.78, 5) is 15.5. The summed E-state index contributed by atoms with van der Waals surface area (Å²) >= 11 is 0. The number of hydrogen-bond acceptors (Lipinski definition) is 3. The van der Waals surface area contributed by atoms with Gasteiger partial charge in [0.25, 0.3) is 0 Å². The molecule has 1 amide bonds. The molecular weight excluding hydrogens is 344 g/mol. The van der Waals surface area contributed by atoms with Crippen LogP contribution in [0.5, 0.6) is 0 Å². The minimum Gasteiger partial charge on any atom is -0.465 e. The van der Waals surface area contributed by atoms with E-state index in [2.05, 4.69) is 10.3 Å². The minimum absolute atomic E-state index is 0.277. The zero-order valence-corrected chi connectivity index (χ0v) is 14.4. The Balaban J connectivity index is 1.97. The molecule has 140 valence electrons. The summed E-state index contributed by atoms with van der Waals surface area (Å²) in [5, 5.41) is 11.6. The average Bonchev–Trinajstić information content (AvgIpc) is 2.91. The van der Waals surface area contributed by atoms with Gasteiger partial charge in [0, 0.05) is 37.9 Å². The lowest BCUT2D eigenvalue weighted by Gasteiger charge is -2.18. The van der Waals surface area contributed by atoms with Crippen LogP contribution in [-0.2, 0) is 17.7 Å². The van der Waals surface area contributed by atoms with Gasteiger partial charge in [0.2, 0.25) is 0 Å². The average molecular weight is 365 g/mol. The number of rotatable bonds is 5. The van der Waals surface area contributed by atoms with Crippen molar-refractivity contribution < 1.29 is 23.4 Å². The molecule has 2 aromatic rings. The smallest absolute Gasteiger partial charge is 0.405 e. The molecule has 1 aliphatic heterocycles. The first-order valence-corrected chi connectivity index (χ1v) is 8.47. The zero-order chi connectivity index (χ0) is 18.7. The van der Waals surface area contributed by atoms with E-state index in [1.54, 1.807) is 19.4 Å². The molecule has 1 aromatic carbocycles. The number of ether oxygens (including phenoxy) is 1. The second-order valence-electron chi connectivity index (χ2n) is 6.38. The van der Waals surface area contributed by atoms with Crippen LogP contribution in [0.15, 0.2) is 24.4 Å². The number of benzene rings is 1. The number of imidazole rings is 1. The maximum atomic E-state index is 14.3. The van der Waals surface area contributed by atoms with E-state index < -0.39 is 23.8 Å². The van der Waals surface area contributed by atoms with Crippen molar-refractivity contribution in [2.24, 2.45) is 0 Å². The fourth-order valence-electron chi connectivity index (χ4n) is 3.51. The van der Waals surface area contributed by atoms with Gasteiger partial charge in [0.1, 0.15) is 5.82 Å². The zero-order valence-electron chi connectivity index (χ0n) is 14.4. The largest absolute Gasteiger partial charge is 0.465 e. The molecule has 1 aliphatic rings. The van der Waals surface area contributed by atoms with Gasteiger partial charge >= 0.3 is 6.09 Å². The van der Waals surface area contributed by atoms with Crippen LogP contribution >= 0.6 is 0 Å². The second kappa shape index (κ2) is 7.82. The lowest BCUT2D eigenvalue weighted by molar-refractivity contribution is 0.188. The molecule has 0 unspecified atom stereocenters. The van der Waals surface area contributed by atoms with E-state index in [0.29, 0.717) is 43.8 Å². The molecule has 1 aromatic heterocycles. The Kier molecular flexibility index (Phi) is 5.51. The van der Waals surface area contributed by atoms with Crippen LogP contribution in [0.2, 0.25) is 0 Å². The van der Waals surface area contributed by atoms with Crippen LogP contribution in [0.4, 0.5) is 13.6 Å². The van der Waals surface area contributed by atoms with Crippen LogP contribution in [0.3, 0.4) is 0 Å². The summed E-state index contributed by atoms with van der Waals surface area (Å²) in [6.07, 6.45) is 2.11. The monoisotopic (exact) mass is 365 g/mol. The summed E-state index contributed by atoms with van der Waals surface area (Å²) < 4.78 is 35.0. The number of amides is 1. The number of carboxylic acid groups (broad SMARTS) is 1. The Morgan fingerprint density at radius 2 is 2.23 bits per heavy atom. The van der Waals surface area contributed by atoms with Gasteiger partial charge in [-0.25, -0.2) is 18.6 Å². The molecule has 2 heterocycles. The molecule has 0 spiro atoms. The van der Waals surface area contributed by atoms with Crippen molar-refractivity contribution >= 4 is 6.09 Å². The Labute approximate surface area is 149 Å². The van der Waals surface area contributed by atoms with Crippen LogP contribution < -0.4 is 5.32 Å². The van der Waals surface area contributed by atoms with Crippen molar-refractivity contribution in [2.75, 3.05) is 13.7 Å². The molecule has 0 saturated carbocycles. The van der Waals surface area contributed by atoms with Gasteiger partial charge < -0.3 is 19.7 Å². The highest BCUT2D eigenvalue weighted by Crippen LogP contribution is 2.35. The summed E-state index contributed by atoms with van der Waals surface area (Å²) in [5.41, 5.74) is 1.18. The molecule has 0 saturated heterocycles. The fourth-order valence-corrected chi connectivity index (χ4v) is 3.51. The highest BCUT2D eigenvalue weighted by molar-refractivity contribution is 5.65. The normalized spacial score (nSPS) is 19.7. The number of methoxy groups -OCH3 is 1.